The smallest absolute Gasteiger partial charge is 0.173 e. The van der Waals surface area contributed by atoms with E-state index in [0.717, 1.165) is 27.6 Å². The third-order valence-electron chi connectivity index (χ3n) is 9.39. The summed E-state index contributed by atoms with van der Waals surface area (Å²) < 4.78 is 4.77. The first-order chi connectivity index (χ1) is 23.9. The highest BCUT2D eigenvalue weighted by atomic mass is 32.2. The Hall–Kier alpha value is -5.23. The van der Waals surface area contributed by atoms with Crippen molar-refractivity contribution in [2.45, 2.75) is 36.0 Å². The predicted molar refractivity (Wildman–Crippen MR) is 209 cm³/mol. The molecule has 0 fully saturated rings. The molecular formula is C44H33N3S2. The van der Waals surface area contributed by atoms with E-state index < -0.39 is 0 Å². The number of hydrogen-bond acceptors (Lipinski definition) is 5. The molecule has 0 aliphatic carbocycles. The van der Waals surface area contributed by atoms with Gasteiger partial charge in [0.05, 0.1) is 11.4 Å². The summed E-state index contributed by atoms with van der Waals surface area (Å²) in [4.78, 5) is 9.89. The SMILES string of the molecule is CC(C)(C)c1ccc(-c2nsc(-c3cccc(N4c5ccccc5Sc5ccc(-c6cc7ccccc7c7ccccc67)cc54)c3)n2)cc1. The van der Waals surface area contributed by atoms with Crippen molar-refractivity contribution in [3.8, 4) is 33.1 Å². The number of para-hydroxylation sites is 1. The van der Waals surface area contributed by atoms with E-state index in [4.69, 9.17) is 9.36 Å². The second kappa shape index (κ2) is 11.7. The number of rotatable bonds is 4. The Morgan fingerprint density at radius 1 is 0.551 bits per heavy atom. The van der Waals surface area contributed by atoms with E-state index in [1.54, 1.807) is 0 Å². The Labute approximate surface area is 295 Å². The zero-order chi connectivity index (χ0) is 33.1. The van der Waals surface area contributed by atoms with Crippen LogP contribution >= 0.6 is 23.3 Å². The summed E-state index contributed by atoms with van der Waals surface area (Å²) in [5.41, 5.74) is 9.39. The lowest BCUT2D eigenvalue weighted by atomic mass is 9.87. The molecule has 9 rings (SSSR count). The van der Waals surface area contributed by atoms with Gasteiger partial charge in [-0.3, -0.25) is 0 Å². The average Bonchev–Trinajstić information content (AvgIpc) is 3.64. The molecule has 0 bridgehead atoms. The van der Waals surface area contributed by atoms with Crippen LogP contribution in [0.15, 0.2) is 155 Å². The molecule has 236 valence electrons. The van der Waals surface area contributed by atoms with Gasteiger partial charge < -0.3 is 4.90 Å². The number of aromatic nitrogens is 2. The number of nitrogens with zero attached hydrogens (tertiary/aromatic N) is 3. The number of fused-ring (bicyclic) bond motifs is 5. The molecule has 0 unspecified atom stereocenters. The van der Waals surface area contributed by atoms with Gasteiger partial charge in [0, 0.05) is 26.6 Å². The minimum absolute atomic E-state index is 0.105. The van der Waals surface area contributed by atoms with Gasteiger partial charge in [-0.25, -0.2) is 4.98 Å². The van der Waals surface area contributed by atoms with Gasteiger partial charge >= 0.3 is 0 Å². The fraction of sp³-hybridized carbons (Fsp3) is 0.0909. The molecule has 0 saturated carbocycles. The van der Waals surface area contributed by atoms with Crippen LogP contribution in [0.4, 0.5) is 17.1 Å². The van der Waals surface area contributed by atoms with E-state index in [-0.39, 0.29) is 5.41 Å². The molecule has 2 heterocycles. The minimum Gasteiger partial charge on any atom is -0.308 e. The van der Waals surface area contributed by atoms with Crippen LogP contribution in [0.1, 0.15) is 26.3 Å². The number of hydrogen-bond donors (Lipinski definition) is 0. The lowest BCUT2D eigenvalue weighted by Crippen LogP contribution is -2.15. The molecule has 0 N–H and O–H groups in total. The molecule has 0 atom stereocenters. The van der Waals surface area contributed by atoms with Crippen LogP contribution in [-0.4, -0.2) is 9.36 Å². The van der Waals surface area contributed by atoms with E-state index >= 15 is 0 Å². The van der Waals surface area contributed by atoms with Crippen molar-refractivity contribution >= 4 is 61.9 Å². The van der Waals surface area contributed by atoms with Crippen LogP contribution in [0.5, 0.6) is 0 Å². The summed E-state index contributed by atoms with van der Waals surface area (Å²) in [7, 11) is 0. The highest BCUT2D eigenvalue weighted by molar-refractivity contribution is 7.99. The van der Waals surface area contributed by atoms with Gasteiger partial charge in [0.15, 0.2) is 5.82 Å². The van der Waals surface area contributed by atoms with Crippen molar-refractivity contribution in [2.24, 2.45) is 0 Å². The molecule has 8 aromatic rings. The molecular weight excluding hydrogens is 635 g/mol. The predicted octanol–water partition coefficient (Wildman–Crippen LogP) is 13.1. The Kier molecular flexibility index (Phi) is 7.15. The molecule has 5 heteroatoms. The standard InChI is InChI=1S/C44H33N3S2/c1-44(2,3)32-22-19-28(20-23-32)42-45-43(49-46-42)31-12-10-13-33(25-31)47-38-17-8-9-18-40(38)48-41-24-21-30(27-39(41)47)37-26-29-11-4-5-14-34(29)35-15-6-7-16-36(35)37/h4-27H,1-3H3. The van der Waals surface area contributed by atoms with Crippen molar-refractivity contribution in [1.29, 1.82) is 0 Å². The van der Waals surface area contributed by atoms with Gasteiger partial charge in [-0.1, -0.05) is 136 Å². The first-order valence-electron chi connectivity index (χ1n) is 16.6. The summed E-state index contributed by atoms with van der Waals surface area (Å²) in [6.45, 7) is 6.70. The molecule has 0 amide bonds. The quantitative estimate of drug-likeness (QED) is 0.175. The van der Waals surface area contributed by atoms with Gasteiger partial charge in [-0.15, -0.1) is 0 Å². The van der Waals surface area contributed by atoms with Gasteiger partial charge in [-0.2, -0.15) is 4.37 Å². The molecule has 7 aromatic carbocycles. The molecule has 0 radical (unpaired) electrons. The number of anilines is 3. The van der Waals surface area contributed by atoms with E-state index in [1.807, 2.05) is 11.8 Å². The first kappa shape index (κ1) is 29.9. The van der Waals surface area contributed by atoms with Crippen LogP contribution in [0, 0.1) is 0 Å². The largest absolute Gasteiger partial charge is 0.308 e. The Balaban J connectivity index is 1.15. The highest BCUT2D eigenvalue weighted by Gasteiger charge is 2.26. The van der Waals surface area contributed by atoms with Gasteiger partial charge in [0.25, 0.3) is 0 Å². The van der Waals surface area contributed by atoms with Crippen molar-refractivity contribution in [2.75, 3.05) is 4.90 Å². The molecule has 49 heavy (non-hydrogen) atoms. The van der Waals surface area contributed by atoms with Crippen LogP contribution in [-0.2, 0) is 5.41 Å². The van der Waals surface area contributed by atoms with Crippen molar-refractivity contribution in [1.82, 2.24) is 9.36 Å². The molecule has 0 saturated heterocycles. The molecule has 1 aromatic heterocycles. The maximum Gasteiger partial charge on any atom is 0.173 e. The second-order valence-corrected chi connectivity index (χ2v) is 15.4. The first-order valence-corrected chi connectivity index (χ1v) is 18.2. The molecule has 1 aliphatic heterocycles. The normalized spacial score (nSPS) is 12.7. The Bertz CT molecular complexity index is 2520. The van der Waals surface area contributed by atoms with Crippen LogP contribution in [0.2, 0.25) is 0 Å². The van der Waals surface area contributed by atoms with Crippen molar-refractivity contribution in [3.05, 3.63) is 151 Å². The monoisotopic (exact) mass is 667 g/mol. The zero-order valence-corrected chi connectivity index (χ0v) is 29.1. The lowest BCUT2D eigenvalue weighted by Gasteiger charge is -2.33. The number of benzene rings is 7. The Morgan fingerprint density at radius 3 is 2.10 bits per heavy atom. The molecule has 0 spiro atoms. The van der Waals surface area contributed by atoms with Crippen LogP contribution in [0.3, 0.4) is 0 Å². The fourth-order valence-electron chi connectivity index (χ4n) is 6.85. The topological polar surface area (TPSA) is 29.0 Å². The van der Waals surface area contributed by atoms with E-state index in [9.17, 15) is 0 Å². The summed E-state index contributed by atoms with van der Waals surface area (Å²) in [5.74, 6) is 0.767. The maximum atomic E-state index is 5.01. The fourth-order valence-corrected chi connectivity index (χ4v) is 8.57. The van der Waals surface area contributed by atoms with Crippen LogP contribution in [0.25, 0.3) is 54.6 Å². The van der Waals surface area contributed by atoms with Gasteiger partial charge in [0.2, 0.25) is 0 Å². The summed E-state index contributed by atoms with van der Waals surface area (Å²) in [6.07, 6.45) is 0. The second-order valence-electron chi connectivity index (χ2n) is 13.6. The van der Waals surface area contributed by atoms with Crippen molar-refractivity contribution in [3.63, 3.8) is 0 Å². The zero-order valence-electron chi connectivity index (χ0n) is 27.5. The summed E-state index contributed by atoms with van der Waals surface area (Å²) in [6, 6.07) is 52.8. The minimum atomic E-state index is 0.105. The highest BCUT2D eigenvalue weighted by Crippen LogP contribution is 2.53. The van der Waals surface area contributed by atoms with Crippen LogP contribution < -0.4 is 4.90 Å². The lowest BCUT2D eigenvalue weighted by molar-refractivity contribution is 0.590. The molecule has 1 aliphatic rings. The summed E-state index contributed by atoms with van der Waals surface area (Å²) in [5, 5.41) is 5.98. The van der Waals surface area contributed by atoms with E-state index in [1.165, 1.54) is 70.9 Å². The van der Waals surface area contributed by atoms with Gasteiger partial charge in [-0.05, 0) is 97.6 Å². The van der Waals surface area contributed by atoms with Crippen molar-refractivity contribution < 1.29 is 0 Å². The average molecular weight is 668 g/mol. The molecule has 3 nitrogen and oxygen atoms in total. The van der Waals surface area contributed by atoms with Gasteiger partial charge in [0.1, 0.15) is 5.01 Å². The third kappa shape index (κ3) is 5.30. The maximum absolute atomic E-state index is 5.01. The van der Waals surface area contributed by atoms with E-state index in [2.05, 4.69) is 171 Å². The van der Waals surface area contributed by atoms with E-state index in [0.29, 0.717) is 0 Å². The Morgan fingerprint density at radius 2 is 1.27 bits per heavy atom. The summed E-state index contributed by atoms with van der Waals surface area (Å²) >= 11 is 3.28. The third-order valence-corrected chi connectivity index (χ3v) is 11.3.